The van der Waals surface area contributed by atoms with Crippen LogP contribution in [0.2, 0.25) is 0 Å². The predicted molar refractivity (Wildman–Crippen MR) is 98.7 cm³/mol. The molecule has 0 radical (unpaired) electrons. The first kappa shape index (κ1) is 15.9. The third-order valence-corrected chi connectivity index (χ3v) is 5.25. The topological polar surface area (TPSA) is 34.1 Å². The molecule has 0 bridgehead atoms. The summed E-state index contributed by atoms with van der Waals surface area (Å²) in [5.74, 6) is -0.700. The minimum atomic E-state index is -0.334. The lowest BCUT2D eigenvalue weighted by atomic mass is 9.85. The molecule has 0 saturated heterocycles. The van der Waals surface area contributed by atoms with E-state index < -0.39 is 0 Å². The molecule has 0 saturated carbocycles. The lowest BCUT2D eigenvalue weighted by Crippen LogP contribution is -2.21. The molecule has 4 heteroatoms. The van der Waals surface area contributed by atoms with E-state index in [1.807, 2.05) is 24.3 Å². The summed E-state index contributed by atoms with van der Waals surface area (Å²) in [5.41, 5.74) is 2.01. The van der Waals surface area contributed by atoms with Crippen LogP contribution in [0.3, 0.4) is 0 Å². The van der Waals surface area contributed by atoms with Crippen LogP contribution in [0.25, 0.3) is 10.8 Å². The number of Topliss-reactive ketones (excluding diaryl/α,β-unsaturated/α-hetero) is 2. The van der Waals surface area contributed by atoms with Gasteiger partial charge >= 0.3 is 0 Å². The highest BCUT2D eigenvalue weighted by Gasteiger charge is 2.31. The molecular weight excluding hydrogens is 383 g/mol. The Morgan fingerprint density at radius 2 is 1.36 bits per heavy atom. The van der Waals surface area contributed by atoms with Gasteiger partial charge in [-0.2, -0.15) is 0 Å². The normalized spacial score (nSPS) is 14.2. The number of rotatable bonds is 2. The Hall–Kier alpha value is -2.59. The van der Waals surface area contributed by atoms with Crippen LogP contribution >= 0.6 is 15.9 Å². The van der Waals surface area contributed by atoms with Gasteiger partial charge in [0.1, 0.15) is 5.82 Å². The number of hydrogen-bond donors (Lipinski definition) is 0. The number of allylic oxidation sites excluding steroid dienone is 2. The van der Waals surface area contributed by atoms with Crippen LogP contribution in [-0.2, 0) is 6.42 Å². The van der Waals surface area contributed by atoms with Crippen molar-refractivity contribution < 1.29 is 14.0 Å². The van der Waals surface area contributed by atoms with Gasteiger partial charge in [0.15, 0.2) is 5.78 Å². The highest BCUT2D eigenvalue weighted by molar-refractivity contribution is 9.12. The monoisotopic (exact) mass is 394 g/mol. The minimum Gasteiger partial charge on any atom is -0.289 e. The molecule has 0 amide bonds. The number of carbonyl (C=O) groups excluding carboxylic acids is 2. The fourth-order valence-corrected chi connectivity index (χ4v) is 3.63. The van der Waals surface area contributed by atoms with Crippen molar-refractivity contribution in [2.45, 2.75) is 6.42 Å². The summed E-state index contributed by atoms with van der Waals surface area (Å²) in [5, 5.41) is 1.84. The van der Waals surface area contributed by atoms with Crippen molar-refractivity contribution in [3.8, 4) is 0 Å². The average Bonchev–Trinajstić information content (AvgIpc) is 2.64. The Labute approximate surface area is 152 Å². The Kier molecular flexibility index (Phi) is 3.85. The van der Waals surface area contributed by atoms with Gasteiger partial charge < -0.3 is 0 Å². The maximum atomic E-state index is 13.1. The largest absolute Gasteiger partial charge is 0.289 e. The molecule has 3 aromatic rings. The Bertz CT molecular complexity index is 1060. The zero-order chi connectivity index (χ0) is 17.6. The molecule has 0 N–H and O–H groups in total. The van der Waals surface area contributed by atoms with Crippen LogP contribution in [0.4, 0.5) is 4.39 Å². The molecule has 2 nitrogen and oxygen atoms in total. The van der Waals surface area contributed by atoms with Gasteiger partial charge in [0.05, 0.1) is 4.48 Å². The molecule has 3 aromatic carbocycles. The van der Waals surface area contributed by atoms with Crippen LogP contribution in [0.1, 0.15) is 26.3 Å². The predicted octanol–water partition coefficient (Wildman–Crippen LogP) is 5.25. The first-order chi connectivity index (χ1) is 12.0. The molecular formula is C21H12BrFO2. The van der Waals surface area contributed by atoms with Crippen molar-refractivity contribution in [1.82, 2.24) is 0 Å². The van der Waals surface area contributed by atoms with Gasteiger partial charge in [-0.15, -0.1) is 0 Å². The first-order valence-corrected chi connectivity index (χ1v) is 8.59. The van der Waals surface area contributed by atoms with Gasteiger partial charge in [0.25, 0.3) is 0 Å². The zero-order valence-electron chi connectivity index (χ0n) is 13.1. The molecule has 0 aliphatic heterocycles. The van der Waals surface area contributed by atoms with Crippen molar-refractivity contribution in [3.63, 3.8) is 0 Å². The summed E-state index contributed by atoms with van der Waals surface area (Å²) in [4.78, 5) is 25.7. The van der Waals surface area contributed by atoms with E-state index in [1.54, 1.807) is 24.3 Å². The average molecular weight is 395 g/mol. The second-order valence-electron chi connectivity index (χ2n) is 6.00. The number of fused-ring (bicyclic) bond motifs is 2. The number of ketones is 2. The Balaban J connectivity index is 1.82. The van der Waals surface area contributed by atoms with E-state index in [1.165, 1.54) is 12.1 Å². The lowest BCUT2D eigenvalue weighted by molar-refractivity contribution is 0.0980. The third kappa shape index (κ3) is 2.72. The van der Waals surface area contributed by atoms with Crippen molar-refractivity contribution >= 4 is 38.3 Å². The van der Waals surface area contributed by atoms with Crippen molar-refractivity contribution in [2.75, 3.05) is 0 Å². The maximum absolute atomic E-state index is 13.1. The quantitative estimate of drug-likeness (QED) is 0.594. The van der Waals surface area contributed by atoms with Gasteiger partial charge in [0, 0.05) is 23.1 Å². The van der Waals surface area contributed by atoms with Crippen LogP contribution in [-0.4, -0.2) is 11.6 Å². The van der Waals surface area contributed by atoms with E-state index in [4.69, 9.17) is 0 Å². The van der Waals surface area contributed by atoms with E-state index in [-0.39, 0.29) is 28.3 Å². The summed E-state index contributed by atoms with van der Waals surface area (Å²) in [7, 11) is 0. The molecule has 0 spiro atoms. The molecule has 0 aromatic heterocycles. The van der Waals surface area contributed by atoms with E-state index in [9.17, 15) is 14.0 Å². The van der Waals surface area contributed by atoms with E-state index in [2.05, 4.69) is 15.9 Å². The molecule has 1 aliphatic rings. The molecule has 122 valence electrons. The molecule has 1 aliphatic carbocycles. The summed E-state index contributed by atoms with van der Waals surface area (Å²) in [6.07, 6.45) is 0.275. The zero-order valence-corrected chi connectivity index (χ0v) is 14.6. The Morgan fingerprint density at radius 1 is 0.800 bits per heavy atom. The first-order valence-electron chi connectivity index (χ1n) is 7.80. The molecule has 0 atom stereocenters. The standard InChI is InChI=1S/C21H12BrFO2/c22-19-18(9-12-5-7-15(23)8-6-12)20(24)16-10-13-3-1-2-4-14(13)11-17(16)21(19)25/h1-8,10-11H,9H2. The van der Waals surface area contributed by atoms with Crippen molar-refractivity contribution in [2.24, 2.45) is 0 Å². The second kappa shape index (κ2) is 6.05. The lowest BCUT2D eigenvalue weighted by Gasteiger charge is -2.19. The maximum Gasteiger partial charge on any atom is 0.201 e. The fourth-order valence-electron chi connectivity index (χ4n) is 3.10. The van der Waals surface area contributed by atoms with Crippen molar-refractivity contribution in [3.05, 3.63) is 93.2 Å². The van der Waals surface area contributed by atoms with Crippen LogP contribution < -0.4 is 0 Å². The highest BCUT2D eigenvalue weighted by atomic mass is 79.9. The molecule has 4 rings (SSSR count). The smallest absolute Gasteiger partial charge is 0.201 e. The van der Waals surface area contributed by atoms with Gasteiger partial charge in [-0.25, -0.2) is 4.39 Å². The van der Waals surface area contributed by atoms with Crippen LogP contribution in [0, 0.1) is 5.82 Å². The number of carbonyl (C=O) groups is 2. The number of halogens is 2. The van der Waals surface area contributed by atoms with Gasteiger partial charge in [-0.05, 0) is 56.5 Å². The second-order valence-corrected chi connectivity index (χ2v) is 6.79. The van der Waals surface area contributed by atoms with Gasteiger partial charge in [-0.1, -0.05) is 36.4 Å². The van der Waals surface area contributed by atoms with E-state index in [0.717, 1.165) is 16.3 Å². The molecule has 0 unspecified atom stereocenters. The van der Waals surface area contributed by atoms with Crippen molar-refractivity contribution in [1.29, 1.82) is 0 Å². The minimum absolute atomic E-state index is 0.170. The third-order valence-electron chi connectivity index (χ3n) is 4.41. The summed E-state index contributed by atoms with van der Waals surface area (Å²) in [6.45, 7) is 0. The van der Waals surface area contributed by atoms with Gasteiger partial charge in [-0.3, -0.25) is 9.59 Å². The van der Waals surface area contributed by atoms with E-state index >= 15 is 0 Å². The number of benzene rings is 3. The summed E-state index contributed by atoms with van der Waals surface area (Å²) < 4.78 is 13.4. The SMILES string of the molecule is O=C1C(Br)=C(Cc2ccc(F)cc2)C(=O)c2cc3ccccc3cc21. The fraction of sp³-hybridized carbons (Fsp3) is 0.0476. The number of hydrogen-bond acceptors (Lipinski definition) is 2. The summed E-state index contributed by atoms with van der Waals surface area (Å²) >= 11 is 3.30. The van der Waals surface area contributed by atoms with Crippen LogP contribution in [0.5, 0.6) is 0 Å². The Morgan fingerprint density at radius 3 is 1.96 bits per heavy atom. The molecule has 0 heterocycles. The van der Waals surface area contributed by atoms with Gasteiger partial charge in [0.2, 0.25) is 5.78 Å². The van der Waals surface area contributed by atoms with Crippen LogP contribution in [0.15, 0.2) is 70.7 Å². The highest BCUT2D eigenvalue weighted by Crippen LogP contribution is 2.34. The van der Waals surface area contributed by atoms with E-state index in [0.29, 0.717) is 16.7 Å². The summed E-state index contributed by atoms with van der Waals surface area (Å²) in [6, 6.07) is 17.1. The molecule has 0 fully saturated rings. The molecule has 25 heavy (non-hydrogen) atoms.